The average Bonchev–Trinajstić information content (AvgIpc) is 2.77. The Labute approximate surface area is 172 Å². The van der Waals surface area contributed by atoms with Crippen molar-refractivity contribution in [2.45, 2.75) is 18.9 Å². The smallest absolute Gasteiger partial charge is 0.131 e. The van der Waals surface area contributed by atoms with Gasteiger partial charge in [0.1, 0.15) is 11.6 Å². The summed E-state index contributed by atoms with van der Waals surface area (Å²) in [5, 5.41) is 9.36. The largest absolute Gasteiger partial charge is 0.497 e. The molecule has 1 N–H and O–H groups in total. The van der Waals surface area contributed by atoms with Crippen molar-refractivity contribution in [3.05, 3.63) is 101 Å². The third kappa shape index (κ3) is 5.89. The molecule has 0 aliphatic rings. The number of halogens is 1. The van der Waals surface area contributed by atoms with E-state index in [-0.39, 0.29) is 18.3 Å². The molecule has 3 aromatic rings. The number of rotatable bonds is 10. The number of aliphatic hydroxyl groups excluding tert-OH is 1. The molecule has 0 aromatic heterocycles. The summed E-state index contributed by atoms with van der Waals surface area (Å²) < 4.78 is 19.7. The van der Waals surface area contributed by atoms with Crippen molar-refractivity contribution >= 4 is 0 Å². The fourth-order valence-corrected chi connectivity index (χ4v) is 3.59. The van der Waals surface area contributed by atoms with Gasteiger partial charge < -0.3 is 9.84 Å². The van der Waals surface area contributed by atoms with Crippen molar-refractivity contribution in [2.75, 3.05) is 26.8 Å². The zero-order valence-electron chi connectivity index (χ0n) is 16.8. The lowest BCUT2D eigenvalue weighted by atomic mass is 9.90. The van der Waals surface area contributed by atoms with E-state index in [4.69, 9.17) is 4.74 Å². The topological polar surface area (TPSA) is 32.7 Å². The molecule has 0 saturated heterocycles. The van der Waals surface area contributed by atoms with Gasteiger partial charge >= 0.3 is 0 Å². The Bertz CT molecular complexity index is 831. The van der Waals surface area contributed by atoms with Crippen LogP contribution in [0.3, 0.4) is 0 Å². The number of methoxy groups -OCH3 is 1. The van der Waals surface area contributed by atoms with E-state index in [1.54, 1.807) is 12.1 Å². The molecule has 0 aliphatic carbocycles. The first-order valence-electron chi connectivity index (χ1n) is 9.96. The van der Waals surface area contributed by atoms with E-state index in [2.05, 4.69) is 29.2 Å². The van der Waals surface area contributed by atoms with Gasteiger partial charge in [0.05, 0.1) is 7.11 Å². The van der Waals surface area contributed by atoms with Crippen molar-refractivity contribution < 1.29 is 14.2 Å². The number of aliphatic hydroxyl groups is 1. The lowest BCUT2D eigenvalue weighted by Gasteiger charge is -2.28. The van der Waals surface area contributed by atoms with E-state index in [1.165, 1.54) is 24.3 Å². The number of nitrogens with zero attached hydrogens (tertiary/aromatic N) is 1. The van der Waals surface area contributed by atoms with Crippen molar-refractivity contribution in [3.8, 4) is 5.75 Å². The average molecular weight is 394 g/mol. The molecule has 4 heteroatoms. The zero-order chi connectivity index (χ0) is 20.5. The molecule has 0 unspecified atom stereocenters. The first-order valence-corrected chi connectivity index (χ1v) is 9.96. The third-order valence-electron chi connectivity index (χ3n) is 5.13. The SMILES string of the molecule is COc1ccc(CN(CCCO)CC(c2ccccc2)c2ccccc2)c(F)c1. The molecular weight excluding hydrogens is 365 g/mol. The van der Waals surface area contributed by atoms with Gasteiger partial charge in [-0.25, -0.2) is 4.39 Å². The van der Waals surface area contributed by atoms with Gasteiger partial charge in [-0.2, -0.15) is 0 Å². The van der Waals surface area contributed by atoms with Crippen LogP contribution in [0.1, 0.15) is 29.0 Å². The van der Waals surface area contributed by atoms with Crippen LogP contribution >= 0.6 is 0 Å². The lowest BCUT2D eigenvalue weighted by molar-refractivity contribution is 0.212. The summed E-state index contributed by atoms with van der Waals surface area (Å²) in [5.74, 6) is 0.409. The van der Waals surface area contributed by atoms with Crippen LogP contribution in [0.5, 0.6) is 5.75 Å². The van der Waals surface area contributed by atoms with Gasteiger partial charge in [0.25, 0.3) is 0 Å². The molecule has 3 aromatic carbocycles. The minimum atomic E-state index is -0.269. The Morgan fingerprint density at radius 3 is 2.07 bits per heavy atom. The monoisotopic (exact) mass is 393 g/mol. The van der Waals surface area contributed by atoms with E-state index >= 15 is 0 Å². The first kappa shape index (κ1) is 21.0. The fraction of sp³-hybridized carbons (Fsp3) is 0.280. The molecule has 3 rings (SSSR count). The summed E-state index contributed by atoms with van der Waals surface area (Å²) in [7, 11) is 1.53. The summed E-state index contributed by atoms with van der Waals surface area (Å²) in [4.78, 5) is 2.21. The standard InChI is InChI=1S/C25H28FNO2/c1-29-23-14-13-22(25(26)17-23)18-27(15-8-16-28)19-24(20-9-4-2-5-10-20)21-11-6-3-7-12-21/h2-7,9-14,17,24,28H,8,15-16,18-19H2,1H3. The Morgan fingerprint density at radius 1 is 0.931 bits per heavy atom. The fourth-order valence-electron chi connectivity index (χ4n) is 3.59. The van der Waals surface area contributed by atoms with E-state index in [9.17, 15) is 9.50 Å². The number of ether oxygens (including phenoxy) is 1. The molecule has 0 radical (unpaired) electrons. The highest BCUT2D eigenvalue weighted by molar-refractivity contribution is 5.33. The Balaban J connectivity index is 1.86. The molecule has 0 atom stereocenters. The molecule has 0 heterocycles. The molecule has 0 amide bonds. The van der Waals surface area contributed by atoms with E-state index in [0.717, 1.165) is 6.54 Å². The van der Waals surface area contributed by atoms with Gasteiger partial charge in [-0.15, -0.1) is 0 Å². The number of hydrogen-bond donors (Lipinski definition) is 1. The maximum absolute atomic E-state index is 14.5. The summed E-state index contributed by atoms with van der Waals surface area (Å²) in [6, 6.07) is 25.7. The minimum absolute atomic E-state index is 0.114. The van der Waals surface area contributed by atoms with Crippen molar-refractivity contribution in [2.24, 2.45) is 0 Å². The van der Waals surface area contributed by atoms with E-state index in [1.807, 2.05) is 36.4 Å². The zero-order valence-corrected chi connectivity index (χ0v) is 16.8. The van der Waals surface area contributed by atoms with E-state index in [0.29, 0.717) is 30.8 Å². The second-order valence-electron chi connectivity index (χ2n) is 7.14. The second kappa shape index (κ2) is 10.7. The van der Waals surface area contributed by atoms with Crippen LogP contribution in [-0.4, -0.2) is 36.8 Å². The van der Waals surface area contributed by atoms with Crippen LogP contribution < -0.4 is 4.74 Å². The van der Waals surface area contributed by atoms with Gasteiger partial charge in [-0.3, -0.25) is 4.90 Å². The predicted octanol–water partition coefficient (Wildman–Crippen LogP) is 4.85. The summed E-state index contributed by atoms with van der Waals surface area (Å²) in [6.07, 6.45) is 0.647. The Morgan fingerprint density at radius 2 is 1.55 bits per heavy atom. The molecule has 0 bridgehead atoms. The maximum atomic E-state index is 14.5. The van der Waals surface area contributed by atoms with Gasteiger partial charge in [0.15, 0.2) is 0 Å². The van der Waals surface area contributed by atoms with E-state index < -0.39 is 0 Å². The highest BCUT2D eigenvalue weighted by Gasteiger charge is 2.19. The van der Waals surface area contributed by atoms with Crippen LogP contribution in [0.25, 0.3) is 0 Å². The Hall–Kier alpha value is -2.69. The predicted molar refractivity (Wildman–Crippen MR) is 115 cm³/mol. The summed E-state index contributed by atoms with van der Waals surface area (Å²) in [5.41, 5.74) is 3.08. The second-order valence-corrected chi connectivity index (χ2v) is 7.14. The van der Waals surface area contributed by atoms with Crippen molar-refractivity contribution in [1.29, 1.82) is 0 Å². The third-order valence-corrected chi connectivity index (χ3v) is 5.13. The maximum Gasteiger partial charge on any atom is 0.131 e. The first-order chi connectivity index (χ1) is 14.2. The van der Waals surface area contributed by atoms with Crippen molar-refractivity contribution in [1.82, 2.24) is 4.90 Å². The highest BCUT2D eigenvalue weighted by atomic mass is 19.1. The normalized spacial score (nSPS) is 11.2. The molecule has 3 nitrogen and oxygen atoms in total. The number of benzene rings is 3. The molecule has 29 heavy (non-hydrogen) atoms. The molecule has 0 spiro atoms. The van der Waals surface area contributed by atoms with Crippen LogP contribution in [0.2, 0.25) is 0 Å². The molecule has 0 aliphatic heterocycles. The molecule has 0 fully saturated rings. The quantitative estimate of drug-likeness (QED) is 0.534. The summed E-state index contributed by atoms with van der Waals surface area (Å²) >= 11 is 0. The highest BCUT2D eigenvalue weighted by Crippen LogP contribution is 2.27. The van der Waals surface area contributed by atoms with Crippen LogP contribution in [-0.2, 0) is 6.54 Å². The lowest BCUT2D eigenvalue weighted by Crippen LogP contribution is -2.30. The Kier molecular flexibility index (Phi) is 7.79. The van der Waals surface area contributed by atoms with Crippen molar-refractivity contribution in [3.63, 3.8) is 0 Å². The molecular formula is C25H28FNO2. The van der Waals surface area contributed by atoms with Gasteiger partial charge in [0.2, 0.25) is 0 Å². The minimum Gasteiger partial charge on any atom is -0.497 e. The van der Waals surface area contributed by atoms with Crippen LogP contribution in [0.4, 0.5) is 4.39 Å². The van der Waals surface area contributed by atoms with Gasteiger partial charge in [0, 0.05) is 43.8 Å². The summed E-state index contributed by atoms with van der Waals surface area (Å²) in [6.45, 7) is 2.02. The van der Waals surface area contributed by atoms with Crippen LogP contribution in [0.15, 0.2) is 78.9 Å². The van der Waals surface area contributed by atoms with Crippen LogP contribution in [0, 0.1) is 5.82 Å². The molecule has 152 valence electrons. The molecule has 0 saturated carbocycles. The van der Waals surface area contributed by atoms with Gasteiger partial charge in [-0.1, -0.05) is 66.7 Å². The number of hydrogen-bond acceptors (Lipinski definition) is 3. The van der Waals surface area contributed by atoms with Gasteiger partial charge in [-0.05, 0) is 23.6 Å².